The normalized spacial score (nSPS) is 28.3. The first kappa shape index (κ1) is 13.6. The zero-order chi connectivity index (χ0) is 13.2. The Kier molecular flexibility index (Phi) is 4.25. The predicted molar refractivity (Wildman–Crippen MR) is 82.1 cm³/mol. The van der Waals surface area contributed by atoms with Crippen LogP contribution >= 0.6 is 11.3 Å². The summed E-state index contributed by atoms with van der Waals surface area (Å²) in [6.45, 7) is 2.33. The van der Waals surface area contributed by atoms with Crippen molar-refractivity contribution in [1.29, 1.82) is 0 Å². The van der Waals surface area contributed by atoms with Crippen LogP contribution in [0.5, 0.6) is 0 Å². The van der Waals surface area contributed by atoms with Crippen LogP contribution < -0.4 is 11.3 Å². The molecule has 106 valence electrons. The number of aryl methyl sites for hydroxylation is 2. The highest BCUT2D eigenvalue weighted by Gasteiger charge is 2.30. The molecule has 1 fully saturated rings. The predicted octanol–water partition coefficient (Wildman–Crippen LogP) is 3.96. The van der Waals surface area contributed by atoms with Crippen LogP contribution in [0.2, 0.25) is 0 Å². The van der Waals surface area contributed by atoms with Crippen LogP contribution in [0.4, 0.5) is 0 Å². The van der Waals surface area contributed by atoms with Crippen molar-refractivity contribution in [3.8, 4) is 0 Å². The smallest absolute Gasteiger partial charge is 0.0581 e. The molecule has 0 bridgehead atoms. The molecule has 1 saturated carbocycles. The number of rotatable bonds is 4. The maximum Gasteiger partial charge on any atom is 0.0581 e. The minimum absolute atomic E-state index is 0.393. The molecular weight excluding hydrogens is 252 g/mol. The van der Waals surface area contributed by atoms with Crippen LogP contribution in [0.1, 0.15) is 66.8 Å². The zero-order valence-electron chi connectivity index (χ0n) is 12.0. The standard InChI is InChI=1S/C16H26N2S/c1-2-11-5-3-7-13(9-11)16(18-17)15-10-12-6-4-8-14(12)19-15/h10-11,13,16,18H,2-9,17H2,1H3. The maximum atomic E-state index is 5.90. The van der Waals surface area contributed by atoms with Crippen LogP contribution in [0, 0.1) is 11.8 Å². The second-order valence-corrected chi connectivity index (χ2v) is 7.46. The monoisotopic (exact) mass is 278 g/mol. The van der Waals surface area contributed by atoms with Crippen LogP contribution in [0.25, 0.3) is 0 Å². The molecule has 3 unspecified atom stereocenters. The van der Waals surface area contributed by atoms with E-state index in [1.165, 1.54) is 56.2 Å². The molecule has 2 nitrogen and oxygen atoms in total. The summed E-state index contributed by atoms with van der Waals surface area (Å²) >= 11 is 2.01. The van der Waals surface area contributed by atoms with Crippen molar-refractivity contribution in [3.63, 3.8) is 0 Å². The van der Waals surface area contributed by atoms with Gasteiger partial charge in [0.1, 0.15) is 0 Å². The summed E-state index contributed by atoms with van der Waals surface area (Å²) in [5, 5.41) is 0. The Morgan fingerprint density at radius 3 is 3.00 bits per heavy atom. The number of nitrogens with two attached hydrogens (primary N) is 1. The molecule has 3 atom stereocenters. The fourth-order valence-electron chi connectivity index (χ4n) is 3.96. The summed E-state index contributed by atoms with van der Waals surface area (Å²) in [5.41, 5.74) is 4.73. The Labute approximate surface area is 120 Å². The van der Waals surface area contributed by atoms with E-state index >= 15 is 0 Å². The van der Waals surface area contributed by atoms with E-state index in [1.807, 2.05) is 11.3 Å². The first-order chi connectivity index (χ1) is 9.31. The Bertz CT molecular complexity index is 405. The molecule has 1 aromatic rings. The van der Waals surface area contributed by atoms with E-state index in [9.17, 15) is 0 Å². The van der Waals surface area contributed by atoms with Crippen molar-refractivity contribution in [2.24, 2.45) is 17.7 Å². The Balaban J connectivity index is 1.75. The van der Waals surface area contributed by atoms with Gasteiger partial charge in [-0.05, 0) is 55.6 Å². The number of hydrazine groups is 1. The van der Waals surface area contributed by atoms with Crippen molar-refractivity contribution in [1.82, 2.24) is 5.43 Å². The number of fused-ring (bicyclic) bond motifs is 1. The van der Waals surface area contributed by atoms with E-state index in [0.717, 1.165) is 11.8 Å². The average molecular weight is 278 g/mol. The van der Waals surface area contributed by atoms with Crippen LogP contribution in [0.15, 0.2) is 6.07 Å². The molecule has 0 aliphatic heterocycles. The lowest BCUT2D eigenvalue weighted by Gasteiger charge is -2.33. The van der Waals surface area contributed by atoms with E-state index in [4.69, 9.17) is 5.84 Å². The summed E-state index contributed by atoms with van der Waals surface area (Å²) in [5.74, 6) is 7.55. The van der Waals surface area contributed by atoms with Crippen molar-refractivity contribution >= 4 is 11.3 Å². The quantitative estimate of drug-likeness (QED) is 0.646. The lowest BCUT2D eigenvalue weighted by Crippen LogP contribution is -2.35. The molecule has 0 saturated heterocycles. The van der Waals surface area contributed by atoms with Gasteiger partial charge in [-0.2, -0.15) is 0 Å². The number of thiophene rings is 1. The second kappa shape index (κ2) is 5.94. The van der Waals surface area contributed by atoms with Crippen molar-refractivity contribution < 1.29 is 0 Å². The molecule has 3 heteroatoms. The molecule has 3 N–H and O–H groups in total. The number of nitrogens with one attached hydrogen (secondary N) is 1. The van der Waals surface area contributed by atoms with Gasteiger partial charge in [0.05, 0.1) is 6.04 Å². The van der Waals surface area contributed by atoms with Gasteiger partial charge in [0.15, 0.2) is 0 Å². The van der Waals surface area contributed by atoms with E-state index < -0.39 is 0 Å². The Morgan fingerprint density at radius 1 is 1.37 bits per heavy atom. The van der Waals surface area contributed by atoms with Crippen LogP contribution in [-0.4, -0.2) is 0 Å². The number of hydrogen-bond acceptors (Lipinski definition) is 3. The lowest BCUT2D eigenvalue weighted by atomic mass is 9.76. The molecule has 0 aromatic carbocycles. The van der Waals surface area contributed by atoms with E-state index in [2.05, 4.69) is 18.4 Å². The molecule has 1 heterocycles. The molecular formula is C16H26N2S. The Morgan fingerprint density at radius 2 is 2.26 bits per heavy atom. The molecule has 0 amide bonds. The van der Waals surface area contributed by atoms with E-state index in [-0.39, 0.29) is 0 Å². The molecule has 0 spiro atoms. The first-order valence-corrected chi connectivity index (χ1v) is 8.71. The minimum Gasteiger partial charge on any atom is -0.271 e. The third-order valence-electron chi connectivity index (χ3n) is 5.12. The second-order valence-electron chi connectivity index (χ2n) is 6.30. The van der Waals surface area contributed by atoms with Crippen molar-refractivity contribution in [2.45, 2.75) is 64.3 Å². The largest absolute Gasteiger partial charge is 0.271 e. The van der Waals surface area contributed by atoms with Gasteiger partial charge in [-0.1, -0.05) is 26.2 Å². The fourth-order valence-corrected chi connectivity index (χ4v) is 5.37. The third kappa shape index (κ3) is 2.74. The minimum atomic E-state index is 0.393. The van der Waals surface area contributed by atoms with E-state index in [1.54, 1.807) is 10.4 Å². The van der Waals surface area contributed by atoms with Gasteiger partial charge in [-0.3, -0.25) is 11.3 Å². The van der Waals surface area contributed by atoms with Crippen molar-refractivity contribution in [3.05, 3.63) is 21.4 Å². The molecule has 0 radical (unpaired) electrons. The summed E-state index contributed by atoms with van der Waals surface area (Å²) in [6, 6.07) is 2.83. The van der Waals surface area contributed by atoms with Gasteiger partial charge >= 0.3 is 0 Å². The summed E-state index contributed by atoms with van der Waals surface area (Å²) < 4.78 is 0. The Hall–Kier alpha value is -0.380. The summed E-state index contributed by atoms with van der Waals surface area (Å²) in [6.07, 6.45) is 10.8. The van der Waals surface area contributed by atoms with Crippen LogP contribution in [-0.2, 0) is 12.8 Å². The molecule has 2 aliphatic carbocycles. The molecule has 2 aliphatic rings. The average Bonchev–Trinajstić information content (AvgIpc) is 3.01. The summed E-state index contributed by atoms with van der Waals surface area (Å²) in [4.78, 5) is 3.12. The fraction of sp³-hybridized carbons (Fsp3) is 0.750. The van der Waals surface area contributed by atoms with Gasteiger partial charge < -0.3 is 0 Å². The van der Waals surface area contributed by atoms with Gasteiger partial charge in [0.25, 0.3) is 0 Å². The van der Waals surface area contributed by atoms with Crippen molar-refractivity contribution in [2.75, 3.05) is 0 Å². The number of hydrogen-bond donors (Lipinski definition) is 2. The molecule has 1 aromatic heterocycles. The van der Waals surface area contributed by atoms with Crippen LogP contribution in [0.3, 0.4) is 0 Å². The van der Waals surface area contributed by atoms with Gasteiger partial charge in [-0.25, -0.2) is 0 Å². The highest BCUT2D eigenvalue weighted by Crippen LogP contribution is 2.42. The maximum absolute atomic E-state index is 5.90. The highest BCUT2D eigenvalue weighted by atomic mass is 32.1. The SMILES string of the molecule is CCC1CCCC(C(NN)c2cc3c(s2)CCC3)C1. The first-order valence-electron chi connectivity index (χ1n) is 7.89. The molecule has 3 rings (SSSR count). The lowest BCUT2D eigenvalue weighted by molar-refractivity contribution is 0.212. The van der Waals surface area contributed by atoms with E-state index in [0.29, 0.717) is 6.04 Å². The zero-order valence-corrected chi connectivity index (χ0v) is 12.8. The third-order valence-corrected chi connectivity index (χ3v) is 6.44. The van der Waals surface area contributed by atoms with Gasteiger partial charge in [-0.15, -0.1) is 11.3 Å². The topological polar surface area (TPSA) is 38.0 Å². The highest BCUT2D eigenvalue weighted by molar-refractivity contribution is 7.12. The summed E-state index contributed by atoms with van der Waals surface area (Å²) in [7, 11) is 0. The van der Waals surface area contributed by atoms with Gasteiger partial charge in [0, 0.05) is 9.75 Å². The van der Waals surface area contributed by atoms with Gasteiger partial charge in [0.2, 0.25) is 0 Å². The molecule has 19 heavy (non-hydrogen) atoms.